The number of para-hydroxylation sites is 2. The average Bonchev–Trinajstić information content (AvgIpc) is 2.35. The molecule has 0 bridgehead atoms. The molecule has 0 saturated heterocycles. The van der Waals surface area contributed by atoms with E-state index in [4.69, 9.17) is 9.47 Å². The Hall–Kier alpha value is -1.51. The van der Waals surface area contributed by atoms with E-state index in [1.165, 1.54) is 12.8 Å². The van der Waals surface area contributed by atoms with Crippen molar-refractivity contribution in [1.29, 1.82) is 0 Å². The maximum atomic E-state index is 11.6. The number of benzene rings is 1. The number of esters is 1. The van der Waals surface area contributed by atoms with Crippen LogP contribution in [0.4, 0.5) is 0 Å². The first-order chi connectivity index (χ1) is 8.27. The second kappa shape index (κ2) is 7.71. The number of hydrogen-bond acceptors (Lipinski definition) is 3. The van der Waals surface area contributed by atoms with Crippen LogP contribution < -0.4 is 9.47 Å². The van der Waals surface area contributed by atoms with Crippen LogP contribution in [0.1, 0.15) is 39.0 Å². The summed E-state index contributed by atoms with van der Waals surface area (Å²) in [6.07, 6.45) is 4.78. The Kier molecular flexibility index (Phi) is 6.15. The van der Waals surface area contributed by atoms with Gasteiger partial charge < -0.3 is 9.47 Å². The molecule has 0 spiro atoms. The summed E-state index contributed by atoms with van der Waals surface area (Å²) in [7, 11) is 1.56. The molecule has 3 nitrogen and oxygen atoms in total. The van der Waals surface area contributed by atoms with Crippen LogP contribution in [0.3, 0.4) is 0 Å². The van der Waals surface area contributed by atoms with Crippen LogP contribution in [0.15, 0.2) is 24.3 Å². The molecule has 0 radical (unpaired) electrons. The third kappa shape index (κ3) is 4.89. The molecule has 1 aromatic rings. The van der Waals surface area contributed by atoms with E-state index in [1.54, 1.807) is 19.2 Å². The van der Waals surface area contributed by atoms with Crippen molar-refractivity contribution in [3.63, 3.8) is 0 Å². The van der Waals surface area contributed by atoms with Gasteiger partial charge in [0.25, 0.3) is 0 Å². The number of hydrogen-bond donors (Lipinski definition) is 0. The molecule has 1 aromatic carbocycles. The van der Waals surface area contributed by atoms with Gasteiger partial charge in [-0.25, -0.2) is 0 Å². The Bertz CT molecular complexity index is 347. The van der Waals surface area contributed by atoms with Crippen molar-refractivity contribution in [1.82, 2.24) is 0 Å². The van der Waals surface area contributed by atoms with Gasteiger partial charge in [0.15, 0.2) is 11.5 Å². The molecule has 0 amide bonds. The van der Waals surface area contributed by atoms with Crippen molar-refractivity contribution in [3.8, 4) is 11.5 Å². The summed E-state index contributed by atoms with van der Waals surface area (Å²) in [5, 5.41) is 0. The van der Waals surface area contributed by atoms with Gasteiger partial charge >= 0.3 is 5.97 Å². The average molecular weight is 236 g/mol. The van der Waals surface area contributed by atoms with Gasteiger partial charge in [0.05, 0.1) is 7.11 Å². The highest BCUT2D eigenvalue weighted by molar-refractivity contribution is 5.73. The molecule has 0 heterocycles. The van der Waals surface area contributed by atoms with Gasteiger partial charge in [-0.3, -0.25) is 4.79 Å². The first kappa shape index (κ1) is 13.6. The molecule has 3 heteroatoms. The van der Waals surface area contributed by atoms with Crippen molar-refractivity contribution in [2.45, 2.75) is 39.0 Å². The first-order valence-electron chi connectivity index (χ1n) is 6.11. The SMILES string of the molecule is CCCCCCC(=O)Oc1ccccc1OC. The lowest BCUT2D eigenvalue weighted by atomic mass is 10.1. The minimum Gasteiger partial charge on any atom is -0.493 e. The van der Waals surface area contributed by atoms with Gasteiger partial charge in [0, 0.05) is 6.42 Å². The van der Waals surface area contributed by atoms with Crippen molar-refractivity contribution in [2.75, 3.05) is 7.11 Å². The predicted octanol–water partition coefficient (Wildman–Crippen LogP) is 3.57. The van der Waals surface area contributed by atoms with Gasteiger partial charge in [-0.15, -0.1) is 0 Å². The number of ether oxygens (including phenoxy) is 2. The fourth-order valence-electron chi connectivity index (χ4n) is 1.57. The highest BCUT2D eigenvalue weighted by atomic mass is 16.6. The smallest absolute Gasteiger partial charge is 0.311 e. The number of carbonyl (C=O) groups is 1. The zero-order chi connectivity index (χ0) is 12.5. The van der Waals surface area contributed by atoms with E-state index in [2.05, 4.69) is 6.92 Å². The standard InChI is InChI=1S/C14H20O3/c1-3-4-5-6-11-14(15)17-13-10-8-7-9-12(13)16-2/h7-10H,3-6,11H2,1-2H3. The molecule has 0 atom stereocenters. The van der Waals surface area contributed by atoms with Gasteiger partial charge in [-0.2, -0.15) is 0 Å². The van der Waals surface area contributed by atoms with Crippen LogP contribution in [0.5, 0.6) is 11.5 Å². The Morgan fingerprint density at radius 2 is 1.82 bits per heavy atom. The molecule has 0 aliphatic carbocycles. The molecule has 0 aliphatic heterocycles. The topological polar surface area (TPSA) is 35.5 Å². The largest absolute Gasteiger partial charge is 0.493 e. The molecule has 0 aliphatic rings. The summed E-state index contributed by atoms with van der Waals surface area (Å²) < 4.78 is 10.4. The number of methoxy groups -OCH3 is 1. The first-order valence-corrected chi connectivity index (χ1v) is 6.11. The number of carbonyl (C=O) groups excluding carboxylic acids is 1. The lowest BCUT2D eigenvalue weighted by Crippen LogP contribution is -2.08. The maximum absolute atomic E-state index is 11.6. The lowest BCUT2D eigenvalue weighted by Gasteiger charge is -2.08. The van der Waals surface area contributed by atoms with Gasteiger partial charge in [0.2, 0.25) is 0 Å². The molecule has 0 N–H and O–H groups in total. The van der Waals surface area contributed by atoms with Crippen LogP contribution in [0, 0.1) is 0 Å². The van der Waals surface area contributed by atoms with Gasteiger partial charge in [0.1, 0.15) is 0 Å². The fraction of sp³-hybridized carbons (Fsp3) is 0.500. The van der Waals surface area contributed by atoms with E-state index in [9.17, 15) is 4.79 Å². The van der Waals surface area contributed by atoms with Crippen LogP contribution in [0.2, 0.25) is 0 Å². The lowest BCUT2D eigenvalue weighted by molar-refractivity contribution is -0.134. The Morgan fingerprint density at radius 3 is 2.47 bits per heavy atom. The van der Waals surface area contributed by atoms with Crippen molar-refractivity contribution in [2.24, 2.45) is 0 Å². The monoisotopic (exact) mass is 236 g/mol. The predicted molar refractivity (Wildman–Crippen MR) is 67.4 cm³/mol. The minimum atomic E-state index is -0.189. The molecule has 1 rings (SSSR count). The van der Waals surface area contributed by atoms with Crippen LogP contribution >= 0.6 is 0 Å². The summed E-state index contributed by atoms with van der Waals surface area (Å²) in [6, 6.07) is 7.18. The van der Waals surface area contributed by atoms with Crippen LogP contribution in [-0.2, 0) is 4.79 Å². The molecule has 0 aromatic heterocycles. The molecule has 17 heavy (non-hydrogen) atoms. The Labute approximate surface area is 103 Å². The van der Waals surface area contributed by atoms with E-state index in [0.717, 1.165) is 12.8 Å². The zero-order valence-electron chi connectivity index (χ0n) is 10.6. The molecular formula is C14H20O3. The Morgan fingerprint density at radius 1 is 1.12 bits per heavy atom. The number of unbranched alkanes of at least 4 members (excludes halogenated alkanes) is 3. The van der Waals surface area contributed by atoms with Crippen LogP contribution in [-0.4, -0.2) is 13.1 Å². The molecular weight excluding hydrogens is 216 g/mol. The summed E-state index contributed by atoms with van der Waals surface area (Å²) in [5.74, 6) is 0.899. The zero-order valence-corrected chi connectivity index (χ0v) is 10.6. The van der Waals surface area contributed by atoms with Gasteiger partial charge in [-0.05, 0) is 18.6 Å². The van der Waals surface area contributed by atoms with Crippen molar-refractivity contribution >= 4 is 5.97 Å². The van der Waals surface area contributed by atoms with E-state index in [0.29, 0.717) is 17.9 Å². The van der Waals surface area contributed by atoms with E-state index in [1.807, 2.05) is 12.1 Å². The van der Waals surface area contributed by atoms with Gasteiger partial charge in [-0.1, -0.05) is 38.3 Å². The maximum Gasteiger partial charge on any atom is 0.311 e. The normalized spacial score (nSPS) is 10.0. The van der Waals surface area contributed by atoms with E-state index >= 15 is 0 Å². The second-order valence-corrected chi connectivity index (χ2v) is 3.94. The highest BCUT2D eigenvalue weighted by Crippen LogP contribution is 2.26. The Balaban J connectivity index is 2.39. The highest BCUT2D eigenvalue weighted by Gasteiger charge is 2.08. The summed E-state index contributed by atoms with van der Waals surface area (Å²) >= 11 is 0. The third-order valence-corrected chi connectivity index (χ3v) is 2.53. The van der Waals surface area contributed by atoms with E-state index < -0.39 is 0 Å². The third-order valence-electron chi connectivity index (χ3n) is 2.53. The molecule has 94 valence electrons. The molecule has 0 unspecified atom stereocenters. The minimum absolute atomic E-state index is 0.189. The second-order valence-electron chi connectivity index (χ2n) is 3.94. The van der Waals surface area contributed by atoms with Crippen molar-refractivity contribution < 1.29 is 14.3 Å². The van der Waals surface area contributed by atoms with E-state index in [-0.39, 0.29) is 5.97 Å². The molecule has 0 fully saturated rings. The quantitative estimate of drug-likeness (QED) is 0.412. The summed E-state index contributed by atoms with van der Waals surface area (Å²) in [6.45, 7) is 2.15. The number of rotatable bonds is 7. The van der Waals surface area contributed by atoms with Crippen molar-refractivity contribution in [3.05, 3.63) is 24.3 Å². The molecule has 0 saturated carbocycles. The summed E-state index contributed by atoms with van der Waals surface area (Å²) in [4.78, 5) is 11.6. The summed E-state index contributed by atoms with van der Waals surface area (Å²) in [5.41, 5.74) is 0. The fourth-order valence-corrected chi connectivity index (χ4v) is 1.57. The van der Waals surface area contributed by atoms with Crippen LogP contribution in [0.25, 0.3) is 0 Å².